The van der Waals surface area contributed by atoms with E-state index >= 15 is 0 Å². The smallest absolute Gasteiger partial charge is 0.315 e. The van der Waals surface area contributed by atoms with Crippen molar-refractivity contribution in [1.29, 1.82) is 0 Å². The van der Waals surface area contributed by atoms with Gasteiger partial charge >= 0.3 is 6.03 Å². The Morgan fingerprint density at radius 1 is 1.11 bits per heavy atom. The summed E-state index contributed by atoms with van der Waals surface area (Å²) < 4.78 is 30.5. The van der Waals surface area contributed by atoms with Gasteiger partial charge < -0.3 is 34.7 Å². The molecule has 8 nitrogen and oxygen atoms in total. The number of benzene rings is 2. The summed E-state index contributed by atoms with van der Waals surface area (Å²) in [7, 11) is 3.03. The highest BCUT2D eigenvalue weighted by atomic mass is 19.1. The van der Waals surface area contributed by atoms with Crippen LogP contribution in [0.1, 0.15) is 46.9 Å². The lowest BCUT2D eigenvalue weighted by molar-refractivity contribution is -0.0388. The Bertz CT molecular complexity index is 1170. The van der Waals surface area contributed by atoms with Gasteiger partial charge in [-0.3, -0.25) is 0 Å². The van der Waals surface area contributed by atoms with Crippen molar-refractivity contribution in [2.45, 2.75) is 44.6 Å². The van der Waals surface area contributed by atoms with E-state index in [9.17, 15) is 19.4 Å². The van der Waals surface area contributed by atoms with E-state index in [1.807, 2.05) is 19.1 Å². The van der Waals surface area contributed by atoms with Gasteiger partial charge in [0.1, 0.15) is 23.1 Å². The predicted molar refractivity (Wildman–Crippen MR) is 130 cm³/mol. The van der Waals surface area contributed by atoms with Crippen LogP contribution in [0.4, 0.5) is 9.18 Å². The van der Waals surface area contributed by atoms with Gasteiger partial charge in [0.25, 0.3) is 0 Å². The first-order chi connectivity index (χ1) is 17.3. The fourth-order valence-electron chi connectivity index (χ4n) is 5.02. The maximum Gasteiger partial charge on any atom is 0.315 e. The summed E-state index contributed by atoms with van der Waals surface area (Å²) in [5.74, 6) is 1.21. The molecule has 4 rings (SSSR count). The second kappa shape index (κ2) is 11.0. The van der Waals surface area contributed by atoms with Crippen LogP contribution in [0.3, 0.4) is 0 Å². The SMILES string of the molecule is COc1cc(CC2c3ccc(F)cc3C(NC(=O)NCc3ccco3)C2C)cc(OC)c1CC(O)O. The average Bonchev–Trinajstić information content (AvgIpc) is 3.46. The molecule has 2 amide bonds. The fraction of sp³-hybridized carbons (Fsp3) is 0.370. The monoisotopic (exact) mass is 498 g/mol. The van der Waals surface area contributed by atoms with Crippen molar-refractivity contribution >= 4 is 6.03 Å². The molecular weight excluding hydrogens is 467 g/mol. The molecular formula is C27H31FN2O6. The highest BCUT2D eigenvalue weighted by Gasteiger charge is 2.39. The minimum atomic E-state index is -1.54. The minimum Gasteiger partial charge on any atom is -0.496 e. The third kappa shape index (κ3) is 5.47. The average molecular weight is 499 g/mol. The van der Waals surface area contributed by atoms with E-state index in [1.165, 1.54) is 26.4 Å². The van der Waals surface area contributed by atoms with Gasteiger partial charge in [0.05, 0.1) is 33.1 Å². The predicted octanol–water partition coefficient (Wildman–Crippen LogP) is 3.81. The lowest BCUT2D eigenvalue weighted by atomic mass is 9.86. The number of methoxy groups -OCH3 is 2. The lowest BCUT2D eigenvalue weighted by Gasteiger charge is -2.24. The molecule has 0 saturated heterocycles. The third-order valence-electron chi connectivity index (χ3n) is 6.74. The maximum absolute atomic E-state index is 14.2. The van der Waals surface area contributed by atoms with Gasteiger partial charge in [0, 0.05) is 12.0 Å². The molecule has 36 heavy (non-hydrogen) atoms. The number of aliphatic hydroxyl groups is 2. The van der Waals surface area contributed by atoms with E-state index in [0.29, 0.717) is 29.2 Å². The van der Waals surface area contributed by atoms with Crippen LogP contribution in [-0.2, 0) is 19.4 Å². The number of aliphatic hydroxyl groups excluding tert-OH is 1. The Morgan fingerprint density at radius 3 is 2.44 bits per heavy atom. The van der Waals surface area contributed by atoms with Crippen molar-refractivity contribution in [2.75, 3.05) is 14.2 Å². The molecule has 0 aliphatic heterocycles. The number of hydrogen-bond acceptors (Lipinski definition) is 6. The Hall–Kier alpha value is -3.56. The summed E-state index contributed by atoms with van der Waals surface area (Å²) in [4.78, 5) is 12.7. The molecule has 2 aromatic carbocycles. The Morgan fingerprint density at radius 2 is 1.83 bits per heavy atom. The van der Waals surface area contributed by atoms with Crippen molar-refractivity contribution in [3.8, 4) is 11.5 Å². The number of carbonyl (C=O) groups is 1. The largest absolute Gasteiger partial charge is 0.496 e. The van der Waals surface area contributed by atoms with Gasteiger partial charge in [0.15, 0.2) is 6.29 Å². The van der Waals surface area contributed by atoms with Crippen molar-refractivity contribution in [3.63, 3.8) is 0 Å². The summed E-state index contributed by atoms with van der Waals surface area (Å²) in [5, 5.41) is 24.7. The Balaban J connectivity index is 1.58. The molecule has 0 saturated carbocycles. The van der Waals surface area contributed by atoms with Crippen molar-refractivity contribution in [3.05, 3.63) is 82.6 Å². The first-order valence-electron chi connectivity index (χ1n) is 11.8. The van der Waals surface area contributed by atoms with E-state index in [0.717, 1.165) is 16.7 Å². The number of amides is 2. The van der Waals surface area contributed by atoms with Gasteiger partial charge in [-0.1, -0.05) is 13.0 Å². The number of halogens is 1. The zero-order chi connectivity index (χ0) is 25.8. The molecule has 3 unspecified atom stereocenters. The number of rotatable bonds is 9. The molecule has 0 radical (unpaired) electrons. The first kappa shape index (κ1) is 25.5. The number of furan rings is 1. The molecule has 9 heteroatoms. The number of hydrogen-bond donors (Lipinski definition) is 4. The summed E-state index contributed by atoms with van der Waals surface area (Å²) in [5.41, 5.74) is 3.19. The van der Waals surface area contributed by atoms with Gasteiger partial charge in [-0.25, -0.2) is 9.18 Å². The molecule has 1 aliphatic carbocycles. The van der Waals surface area contributed by atoms with Gasteiger partial charge in [-0.15, -0.1) is 0 Å². The normalized spacial score (nSPS) is 18.7. The summed E-state index contributed by atoms with van der Waals surface area (Å²) >= 11 is 0. The molecule has 1 heterocycles. The minimum absolute atomic E-state index is 0.0142. The molecule has 1 aromatic heterocycles. The second-order valence-corrected chi connectivity index (χ2v) is 8.99. The van der Waals surface area contributed by atoms with Crippen molar-refractivity contribution < 1.29 is 33.3 Å². The van der Waals surface area contributed by atoms with Gasteiger partial charge in [0.2, 0.25) is 0 Å². The summed E-state index contributed by atoms with van der Waals surface area (Å²) in [6.07, 6.45) is 0.551. The number of ether oxygens (including phenoxy) is 2. The van der Waals surface area contributed by atoms with Crippen LogP contribution in [0, 0.1) is 11.7 Å². The highest BCUT2D eigenvalue weighted by molar-refractivity contribution is 5.74. The number of carbonyl (C=O) groups excluding carboxylic acids is 1. The Labute approximate surface area is 209 Å². The lowest BCUT2D eigenvalue weighted by Crippen LogP contribution is -2.39. The molecule has 1 aliphatic rings. The zero-order valence-electron chi connectivity index (χ0n) is 20.5. The maximum atomic E-state index is 14.2. The summed E-state index contributed by atoms with van der Waals surface area (Å²) in [6.45, 7) is 2.28. The van der Waals surface area contributed by atoms with Crippen LogP contribution in [-0.4, -0.2) is 36.8 Å². The van der Waals surface area contributed by atoms with Gasteiger partial charge in [-0.2, -0.15) is 0 Å². The van der Waals surface area contributed by atoms with Crippen molar-refractivity contribution in [2.24, 2.45) is 5.92 Å². The molecule has 4 N–H and O–H groups in total. The van der Waals surface area contributed by atoms with Crippen molar-refractivity contribution in [1.82, 2.24) is 10.6 Å². The standard InChI is InChI=1S/C27H31FN2O6/c1-15-20(9-16-10-23(34-2)22(13-25(31)32)24(11-16)35-3)19-7-6-17(28)12-21(19)26(15)30-27(33)29-14-18-5-4-8-36-18/h4-8,10-12,15,20,25-26,31-32H,9,13-14H2,1-3H3,(H2,29,30,33). The first-order valence-corrected chi connectivity index (χ1v) is 11.8. The Kier molecular flexibility index (Phi) is 7.81. The van der Waals surface area contributed by atoms with Crippen LogP contribution in [0.25, 0.3) is 0 Å². The topological polar surface area (TPSA) is 113 Å². The van der Waals surface area contributed by atoms with Crippen LogP contribution in [0.2, 0.25) is 0 Å². The molecule has 0 fully saturated rings. The highest BCUT2D eigenvalue weighted by Crippen LogP contribution is 2.47. The number of urea groups is 1. The number of nitrogens with one attached hydrogen (secondary N) is 2. The molecule has 3 aromatic rings. The number of fused-ring (bicyclic) bond motifs is 1. The van der Waals surface area contributed by atoms with E-state index in [-0.39, 0.29) is 42.7 Å². The quantitative estimate of drug-likeness (QED) is 0.334. The van der Waals surface area contributed by atoms with E-state index in [2.05, 4.69) is 10.6 Å². The molecule has 0 spiro atoms. The van der Waals surface area contributed by atoms with Crippen LogP contribution in [0.15, 0.2) is 53.1 Å². The van der Waals surface area contributed by atoms with E-state index in [4.69, 9.17) is 13.9 Å². The third-order valence-corrected chi connectivity index (χ3v) is 6.74. The molecule has 0 bridgehead atoms. The van der Waals surface area contributed by atoms with Crippen LogP contribution < -0.4 is 20.1 Å². The van der Waals surface area contributed by atoms with E-state index < -0.39 is 6.29 Å². The molecule has 3 atom stereocenters. The van der Waals surface area contributed by atoms with Crippen LogP contribution in [0.5, 0.6) is 11.5 Å². The second-order valence-electron chi connectivity index (χ2n) is 8.99. The van der Waals surface area contributed by atoms with E-state index in [1.54, 1.807) is 24.5 Å². The fourth-order valence-corrected chi connectivity index (χ4v) is 5.02. The zero-order valence-corrected chi connectivity index (χ0v) is 20.5. The van der Waals surface area contributed by atoms with Crippen LogP contribution >= 0.6 is 0 Å². The summed E-state index contributed by atoms with van der Waals surface area (Å²) in [6, 6.07) is 11.2. The molecule has 192 valence electrons. The van der Waals surface area contributed by atoms with Gasteiger partial charge in [-0.05, 0) is 71.3 Å².